The Bertz CT molecular complexity index is 750. The van der Waals surface area contributed by atoms with Crippen LogP contribution >= 0.6 is 11.3 Å². The third-order valence-corrected chi connectivity index (χ3v) is 4.49. The van der Waals surface area contributed by atoms with Crippen molar-refractivity contribution in [2.24, 2.45) is 5.92 Å². The standard InChI is InChI=1S/C20H25NO4S/c1-5-24-15-9-7-14(8-10-15)16-12-26-19(18(16)20(23)25-6-2)21-17(22)11-13(3)4/h7-10,12-13H,5-6,11H2,1-4H3,(H,21,22). The number of anilines is 1. The van der Waals surface area contributed by atoms with E-state index in [0.717, 1.165) is 16.9 Å². The van der Waals surface area contributed by atoms with Crippen molar-refractivity contribution in [3.05, 3.63) is 35.2 Å². The van der Waals surface area contributed by atoms with E-state index in [0.29, 0.717) is 23.6 Å². The predicted octanol–water partition coefficient (Wildman–Crippen LogP) is 4.98. The molecule has 1 heterocycles. The highest BCUT2D eigenvalue weighted by molar-refractivity contribution is 7.15. The van der Waals surface area contributed by atoms with Crippen molar-refractivity contribution in [2.45, 2.75) is 34.1 Å². The molecule has 1 amide bonds. The lowest BCUT2D eigenvalue weighted by atomic mass is 10.0. The zero-order chi connectivity index (χ0) is 19.1. The Morgan fingerprint density at radius 2 is 1.81 bits per heavy atom. The molecule has 0 fully saturated rings. The molecular weight excluding hydrogens is 350 g/mol. The van der Waals surface area contributed by atoms with Gasteiger partial charge in [-0.25, -0.2) is 4.79 Å². The molecule has 0 aliphatic carbocycles. The minimum atomic E-state index is -0.433. The van der Waals surface area contributed by atoms with Gasteiger partial charge in [0.1, 0.15) is 16.3 Å². The van der Waals surface area contributed by atoms with E-state index in [1.807, 2.05) is 50.4 Å². The normalized spacial score (nSPS) is 10.7. The van der Waals surface area contributed by atoms with Crippen molar-refractivity contribution in [1.82, 2.24) is 0 Å². The Morgan fingerprint density at radius 1 is 1.12 bits per heavy atom. The van der Waals surface area contributed by atoms with Crippen molar-refractivity contribution in [3.8, 4) is 16.9 Å². The second-order valence-electron chi connectivity index (χ2n) is 6.18. The largest absolute Gasteiger partial charge is 0.494 e. The summed E-state index contributed by atoms with van der Waals surface area (Å²) in [6, 6.07) is 7.52. The number of ether oxygens (including phenoxy) is 2. The van der Waals surface area contributed by atoms with Gasteiger partial charge in [-0.1, -0.05) is 26.0 Å². The van der Waals surface area contributed by atoms with Crippen molar-refractivity contribution < 1.29 is 19.1 Å². The molecule has 1 aromatic heterocycles. The van der Waals surface area contributed by atoms with E-state index in [2.05, 4.69) is 5.32 Å². The fourth-order valence-corrected chi connectivity index (χ4v) is 3.49. The number of nitrogens with one attached hydrogen (secondary N) is 1. The second-order valence-corrected chi connectivity index (χ2v) is 7.06. The Labute approximate surface area is 158 Å². The number of thiophene rings is 1. The summed E-state index contributed by atoms with van der Waals surface area (Å²) in [6.45, 7) is 8.52. The number of hydrogen-bond acceptors (Lipinski definition) is 5. The second kappa shape index (κ2) is 9.38. The first kappa shape index (κ1) is 20.0. The lowest BCUT2D eigenvalue weighted by molar-refractivity contribution is -0.116. The molecule has 0 atom stereocenters. The van der Waals surface area contributed by atoms with Crippen LogP contribution in [0.2, 0.25) is 0 Å². The number of hydrogen-bond donors (Lipinski definition) is 1. The monoisotopic (exact) mass is 375 g/mol. The van der Waals surface area contributed by atoms with Crippen LogP contribution in [0.3, 0.4) is 0 Å². The average Bonchev–Trinajstić information content (AvgIpc) is 2.98. The third kappa shape index (κ3) is 5.08. The molecule has 5 nitrogen and oxygen atoms in total. The number of benzene rings is 1. The van der Waals surface area contributed by atoms with Crippen molar-refractivity contribution in [3.63, 3.8) is 0 Å². The van der Waals surface area contributed by atoms with E-state index in [-0.39, 0.29) is 18.4 Å². The number of rotatable bonds is 8. The zero-order valence-electron chi connectivity index (χ0n) is 15.6. The zero-order valence-corrected chi connectivity index (χ0v) is 16.4. The van der Waals surface area contributed by atoms with Crippen molar-refractivity contribution in [2.75, 3.05) is 18.5 Å². The first-order valence-electron chi connectivity index (χ1n) is 8.77. The summed E-state index contributed by atoms with van der Waals surface area (Å²) < 4.78 is 10.7. The van der Waals surface area contributed by atoms with Gasteiger partial charge >= 0.3 is 5.97 Å². The number of amides is 1. The maximum atomic E-state index is 12.5. The molecule has 140 valence electrons. The smallest absolute Gasteiger partial charge is 0.341 e. The fourth-order valence-electron chi connectivity index (χ4n) is 2.51. The quantitative estimate of drug-likeness (QED) is 0.661. The molecule has 0 saturated heterocycles. The highest BCUT2D eigenvalue weighted by Crippen LogP contribution is 2.37. The maximum Gasteiger partial charge on any atom is 0.341 e. The predicted molar refractivity (Wildman–Crippen MR) is 105 cm³/mol. The Kier molecular flexibility index (Phi) is 7.21. The minimum absolute atomic E-state index is 0.106. The first-order valence-corrected chi connectivity index (χ1v) is 9.65. The van der Waals surface area contributed by atoms with Crippen LogP contribution in [0.25, 0.3) is 11.1 Å². The summed E-state index contributed by atoms with van der Waals surface area (Å²) in [6.07, 6.45) is 0.401. The summed E-state index contributed by atoms with van der Waals surface area (Å²) in [5.41, 5.74) is 2.02. The van der Waals surface area contributed by atoms with Crippen LogP contribution in [0.15, 0.2) is 29.6 Å². The van der Waals surface area contributed by atoms with E-state index in [4.69, 9.17) is 9.47 Å². The molecular formula is C20H25NO4S. The number of carbonyl (C=O) groups is 2. The Hall–Kier alpha value is -2.34. The molecule has 2 rings (SSSR count). The van der Waals surface area contributed by atoms with Gasteiger partial charge in [0.25, 0.3) is 0 Å². The summed E-state index contributed by atoms with van der Waals surface area (Å²) >= 11 is 1.33. The molecule has 0 aliphatic heterocycles. The van der Waals surface area contributed by atoms with Crippen molar-refractivity contribution in [1.29, 1.82) is 0 Å². The van der Waals surface area contributed by atoms with E-state index < -0.39 is 5.97 Å². The van der Waals surface area contributed by atoms with Crippen molar-refractivity contribution >= 4 is 28.2 Å². The first-order chi connectivity index (χ1) is 12.5. The highest BCUT2D eigenvalue weighted by atomic mass is 32.1. The molecule has 0 radical (unpaired) electrons. The van der Waals surface area contributed by atoms with Crippen LogP contribution in [0.5, 0.6) is 5.75 Å². The molecule has 2 aromatic rings. The summed E-state index contributed by atoms with van der Waals surface area (Å²) in [4.78, 5) is 24.6. The van der Waals surface area contributed by atoms with Gasteiger partial charge in [-0.3, -0.25) is 4.79 Å². The molecule has 0 spiro atoms. The SMILES string of the molecule is CCOC(=O)c1c(-c2ccc(OCC)cc2)csc1NC(=O)CC(C)C. The summed E-state index contributed by atoms with van der Waals surface area (Å²) in [5, 5.41) is 5.25. The molecule has 1 N–H and O–H groups in total. The van der Waals surface area contributed by atoms with Gasteiger partial charge in [-0.15, -0.1) is 11.3 Å². The molecule has 0 aliphatic rings. The molecule has 0 bridgehead atoms. The molecule has 0 saturated carbocycles. The van der Waals surface area contributed by atoms with Gasteiger partial charge in [-0.05, 0) is 37.5 Å². The lowest BCUT2D eigenvalue weighted by Gasteiger charge is -2.10. The topological polar surface area (TPSA) is 64.6 Å². The van der Waals surface area contributed by atoms with Gasteiger partial charge in [0.2, 0.25) is 5.91 Å². The fraction of sp³-hybridized carbons (Fsp3) is 0.400. The summed E-state index contributed by atoms with van der Waals surface area (Å²) in [7, 11) is 0. The Balaban J connectivity index is 2.36. The van der Waals surface area contributed by atoms with Crippen LogP contribution < -0.4 is 10.1 Å². The number of carbonyl (C=O) groups excluding carboxylic acids is 2. The minimum Gasteiger partial charge on any atom is -0.494 e. The molecule has 1 aromatic carbocycles. The number of esters is 1. The van der Waals surface area contributed by atoms with E-state index in [1.165, 1.54) is 11.3 Å². The maximum absolute atomic E-state index is 12.5. The average molecular weight is 375 g/mol. The third-order valence-electron chi connectivity index (χ3n) is 3.59. The van der Waals surface area contributed by atoms with Gasteiger partial charge in [0.05, 0.1) is 13.2 Å². The summed E-state index contributed by atoms with van der Waals surface area (Å²) in [5.74, 6) is 0.476. The van der Waals surface area contributed by atoms with Gasteiger partial charge in [-0.2, -0.15) is 0 Å². The molecule has 6 heteroatoms. The molecule has 0 unspecified atom stereocenters. The van der Waals surface area contributed by atoms with Gasteiger partial charge in [0, 0.05) is 17.4 Å². The Morgan fingerprint density at radius 3 is 2.38 bits per heavy atom. The van der Waals surface area contributed by atoms with Gasteiger partial charge in [0.15, 0.2) is 0 Å². The van der Waals surface area contributed by atoms with Crippen LogP contribution in [-0.4, -0.2) is 25.1 Å². The van der Waals surface area contributed by atoms with E-state index in [1.54, 1.807) is 6.92 Å². The van der Waals surface area contributed by atoms with Crippen LogP contribution in [0, 0.1) is 5.92 Å². The molecule has 26 heavy (non-hydrogen) atoms. The lowest BCUT2D eigenvalue weighted by Crippen LogP contribution is -2.16. The van der Waals surface area contributed by atoms with Crippen LogP contribution in [-0.2, 0) is 9.53 Å². The van der Waals surface area contributed by atoms with Crippen LogP contribution in [0.4, 0.5) is 5.00 Å². The van der Waals surface area contributed by atoms with Crippen LogP contribution in [0.1, 0.15) is 44.5 Å². The van der Waals surface area contributed by atoms with Gasteiger partial charge < -0.3 is 14.8 Å². The van der Waals surface area contributed by atoms with E-state index in [9.17, 15) is 9.59 Å². The van der Waals surface area contributed by atoms with E-state index >= 15 is 0 Å². The highest BCUT2D eigenvalue weighted by Gasteiger charge is 2.23.